The van der Waals surface area contributed by atoms with Crippen molar-refractivity contribution < 1.29 is 14.4 Å². The standard InChI is InChI=1S/C19H24N4O3S/c24-17(20-13-5-6-13)12-22-7-9-23(10-8-22)18(25)11-16-19(26)21-14-3-1-2-4-15(14)27-16/h1-4,13,16H,5-12H2,(H,20,24)(H,21,26). The van der Waals surface area contributed by atoms with Gasteiger partial charge < -0.3 is 15.5 Å². The highest BCUT2D eigenvalue weighted by Gasteiger charge is 2.32. The van der Waals surface area contributed by atoms with E-state index < -0.39 is 5.25 Å². The van der Waals surface area contributed by atoms with Crippen LogP contribution < -0.4 is 10.6 Å². The lowest BCUT2D eigenvalue weighted by molar-refractivity contribution is -0.134. The summed E-state index contributed by atoms with van der Waals surface area (Å²) in [5.74, 6) is -0.0298. The molecule has 8 heteroatoms. The van der Waals surface area contributed by atoms with Gasteiger partial charge in [0, 0.05) is 43.5 Å². The van der Waals surface area contributed by atoms with Gasteiger partial charge >= 0.3 is 0 Å². The maximum absolute atomic E-state index is 12.6. The zero-order chi connectivity index (χ0) is 18.8. The summed E-state index contributed by atoms with van der Waals surface area (Å²) in [4.78, 5) is 41.7. The minimum atomic E-state index is -0.394. The number of hydrogen-bond donors (Lipinski definition) is 2. The van der Waals surface area contributed by atoms with E-state index in [-0.39, 0.29) is 24.1 Å². The van der Waals surface area contributed by atoms with Crippen molar-refractivity contribution in [3.8, 4) is 0 Å². The van der Waals surface area contributed by atoms with Crippen LogP contribution in [0.3, 0.4) is 0 Å². The van der Waals surface area contributed by atoms with E-state index in [2.05, 4.69) is 15.5 Å². The summed E-state index contributed by atoms with van der Waals surface area (Å²) < 4.78 is 0. The average molecular weight is 388 g/mol. The molecule has 1 saturated carbocycles. The van der Waals surface area contributed by atoms with Gasteiger partial charge in [0.25, 0.3) is 0 Å². The zero-order valence-corrected chi connectivity index (χ0v) is 16.0. The summed E-state index contributed by atoms with van der Waals surface area (Å²) in [5, 5.41) is 5.48. The van der Waals surface area contributed by atoms with Crippen LogP contribution in [0.2, 0.25) is 0 Å². The summed E-state index contributed by atoms with van der Waals surface area (Å²) in [7, 11) is 0. The Labute approximate surface area is 162 Å². The van der Waals surface area contributed by atoms with Crippen molar-refractivity contribution in [3.05, 3.63) is 24.3 Å². The summed E-state index contributed by atoms with van der Waals surface area (Å²) in [6.45, 7) is 2.99. The topological polar surface area (TPSA) is 81.8 Å². The molecule has 1 aliphatic carbocycles. The molecule has 144 valence electrons. The second-order valence-corrected chi connectivity index (χ2v) is 8.54. The molecule has 1 aromatic rings. The number of anilines is 1. The van der Waals surface area contributed by atoms with Crippen molar-refractivity contribution in [1.82, 2.24) is 15.1 Å². The maximum atomic E-state index is 12.6. The van der Waals surface area contributed by atoms with E-state index in [1.165, 1.54) is 11.8 Å². The van der Waals surface area contributed by atoms with Gasteiger partial charge in [-0.1, -0.05) is 12.1 Å². The van der Waals surface area contributed by atoms with Crippen LogP contribution in [0.1, 0.15) is 19.3 Å². The van der Waals surface area contributed by atoms with Gasteiger partial charge in [0.2, 0.25) is 17.7 Å². The molecule has 0 radical (unpaired) electrons. The number of fused-ring (bicyclic) bond motifs is 1. The number of piperazine rings is 1. The number of carbonyl (C=O) groups excluding carboxylic acids is 3. The highest BCUT2D eigenvalue weighted by molar-refractivity contribution is 8.01. The number of amides is 3. The van der Waals surface area contributed by atoms with Crippen molar-refractivity contribution in [1.29, 1.82) is 0 Å². The van der Waals surface area contributed by atoms with Gasteiger partial charge in [0.1, 0.15) is 0 Å². The molecular weight excluding hydrogens is 364 g/mol. The predicted molar refractivity (Wildman–Crippen MR) is 104 cm³/mol. The van der Waals surface area contributed by atoms with Crippen LogP contribution in [0, 0.1) is 0 Å². The first kappa shape index (κ1) is 18.3. The molecule has 2 fully saturated rings. The molecule has 1 atom stereocenters. The quantitative estimate of drug-likeness (QED) is 0.784. The summed E-state index contributed by atoms with van der Waals surface area (Å²) >= 11 is 1.46. The third kappa shape index (κ3) is 4.62. The van der Waals surface area contributed by atoms with Gasteiger partial charge in [-0.05, 0) is 25.0 Å². The third-order valence-electron chi connectivity index (χ3n) is 5.10. The number of nitrogens with zero attached hydrogens (tertiary/aromatic N) is 2. The van der Waals surface area contributed by atoms with E-state index in [0.29, 0.717) is 38.8 Å². The predicted octanol–water partition coefficient (Wildman–Crippen LogP) is 0.912. The second-order valence-electron chi connectivity index (χ2n) is 7.29. The van der Waals surface area contributed by atoms with Crippen LogP contribution in [-0.2, 0) is 14.4 Å². The van der Waals surface area contributed by atoms with E-state index in [4.69, 9.17) is 0 Å². The Morgan fingerprint density at radius 1 is 1.15 bits per heavy atom. The molecule has 0 bridgehead atoms. The van der Waals surface area contributed by atoms with Gasteiger partial charge in [-0.3, -0.25) is 19.3 Å². The van der Waals surface area contributed by atoms with E-state index >= 15 is 0 Å². The molecule has 0 spiro atoms. The first-order valence-corrected chi connectivity index (χ1v) is 10.3. The Kier molecular flexibility index (Phi) is 5.36. The molecule has 3 aliphatic rings. The van der Waals surface area contributed by atoms with Crippen molar-refractivity contribution in [2.24, 2.45) is 0 Å². The summed E-state index contributed by atoms with van der Waals surface area (Å²) in [5.41, 5.74) is 0.814. The molecule has 27 heavy (non-hydrogen) atoms. The number of para-hydroxylation sites is 1. The maximum Gasteiger partial charge on any atom is 0.238 e. The van der Waals surface area contributed by atoms with Gasteiger partial charge in [0.15, 0.2) is 0 Å². The number of benzene rings is 1. The number of carbonyl (C=O) groups is 3. The number of rotatable bonds is 5. The fourth-order valence-corrected chi connectivity index (χ4v) is 4.48. The fraction of sp³-hybridized carbons (Fsp3) is 0.526. The van der Waals surface area contributed by atoms with Crippen LogP contribution in [0.25, 0.3) is 0 Å². The molecular formula is C19H24N4O3S. The van der Waals surface area contributed by atoms with Crippen molar-refractivity contribution >= 4 is 35.2 Å². The Bertz CT molecular complexity index is 744. The summed E-state index contributed by atoms with van der Waals surface area (Å²) in [6, 6.07) is 8.03. The Hall–Kier alpha value is -2.06. The molecule has 4 rings (SSSR count). The van der Waals surface area contributed by atoms with Crippen LogP contribution in [0.5, 0.6) is 0 Å². The average Bonchev–Trinajstić information content (AvgIpc) is 3.46. The highest BCUT2D eigenvalue weighted by atomic mass is 32.2. The number of hydrogen-bond acceptors (Lipinski definition) is 5. The van der Waals surface area contributed by atoms with E-state index in [1.807, 2.05) is 29.2 Å². The monoisotopic (exact) mass is 388 g/mol. The fourth-order valence-electron chi connectivity index (χ4n) is 3.37. The van der Waals surface area contributed by atoms with Crippen molar-refractivity contribution in [2.75, 3.05) is 38.0 Å². The molecule has 1 unspecified atom stereocenters. The number of thioether (sulfide) groups is 1. The van der Waals surface area contributed by atoms with E-state index in [9.17, 15) is 14.4 Å². The molecule has 7 nitrogen and oxygen atoms in total. The molecule has 2 N–H and O–H groups in total. The van der Waals surface area contributed by atoms with Gasteiger partial charge in [-0.25, -0.2) is 0 Å². The van der Waals surface area contributed by atoms with Crippen molar-refractivity contribution in [2.45, 2.75) is 35.4 Å². The Morgan fingerprint density at radius 2 is 1.89 bits per heavy atom. The molecule has 2 heterocycles. The Morgan fingerprint density at radius 3 is 2.63 bits per heavy atom. The van der Waals surface area contributed by atoms with Crippen LogP contribution >= 0.6 is 11.8 Å². The first-order chi connectivity index (χ1) is 13.1. The SMILES string of the molecule is O=C(CN1CCN(C(=O)CC2Sc3ccccc3NC2=O)CC1)NC1CC1. The second kappa shape index (κ2) is 7.90. The lowest BCUT2D eigenvalue weighted by Crippen LogP contribution is -2.52. The smallest absolute Gasteiger partial charge is 0.238 e. The molecule has 1 saturated heterocycles. The van der Waals surface area contributed by atoms with Gasteiger partial charge in [0.05, 0.1) is 17.5 Å². The first-order valence-electron chi connectivity index (χ1n) is 9.44. The van der Waals surface area contributed by atoms with Crippen LogP contribution in [-0.4, -0.2) is 71.5 Å². The minimum Gasteiger partial charge on any atom is -0.352 e. The lowest BCUT2D eigenvalue weighted by Gasteiger charge is -2.35. The molecule has 0 aromatic heterocycles. The molecule has 1 aromatic carbocycles. The third-order valence-corrected chi connectivity index (χ3v) is 6.38. The number of nitrogens with one attached hydrogen (secondary N) is 2. The van der Waals surface area contributed by atoms with Gasteiger partial charge in [-0.2, -0.15) is 0 Å². The van der Waals surface area contributed by atoms with Crippen LogP contribution in [0.4, 0.5) is 5.69 Å². The highest BCUT2D eigenvalue weighted by Crippen LogP contribution is 2.36. The van der Waals surface area contributed by atoms with Gasteiger partial charge in [-0.15, -0.1) is 11.8 Å². The zero-order valence-electron chi connectivity index (χ0n) is 15.1. The van der Waals surface area contributed by atoms with E-state index in [0.717, 1.165) is 23.4 Å². The van der Waals surface area contributed by atoms with Crippen molar-refractivity contribution in [3.63, 3.8) is 0 Å². The summed E-state index contributed by atoms with van der Waals surface area (Å²) in [6.07, 6.45) is 2.38. The molecule has 3 amide bonds. The Balaban J connectivity index is 1.25. The largest absolute Gasteiger partial charge is 0.352 e. The van der Waals surface area contributed by atoms with Crippen LogP contribution in [0.15, 0.2) is 29.2 Å². The minimum absolute atomic E-state index is 0.00381. The normalized spacial score (nSPS) is 22.7. The van der Waals surface area contributed by atoms with E-state index in [1.54, 1.807) is 0 Å². The molecule has 2 aliphatic heterocycles. The lowest BCUT2D eigenvalue weighted by atomic mass is 10.2.